The van der Waals surface area contributed by atoms with Crippen molar-refractivity contribution in [2.24, 2.45) is 5.73 Å². The quantitative estimate of drug-likeness (QED) is 0.509. The van der Waals surface area contributed by atoms with E-state index in [4.69, 9.17) is 5.73 Å². The van der Waals surface area contributed by atoms with Crippen molar-refractivity contribution in [1.29, 1.82) is 0 Å². The van der Waals surface area contributed by atoms with Crippen molar-refractivity contribution in [3.05, 3.63) is 11.1 Å². The number of nitrogens with two attached hydrogens (primary N) is 1. The first kappa shape index (κ1) is 5.83. The Morgan fingerprint density at radius 3 is 2.25 bits per heavy atom. The van der Waals surface area contributed by atoms with E-state index in [2.05, 4.69) is 6.92 Å². The molecule has 1 unspecified atom stereocenters. The first-order valence-corrected chi connectivity index (χ1v) is 3.16. The van der Waals surface area contributed by atoms with Gasteiger partial charge >= 0.3 is 0 Å². The van der Waals surface area contributed by atoms with E-state index in [9.17, 15) is 0 Å². The van der Waals surface area contributed by atoms with E-state index in [0.717, 1.165) is 0 Å². The van der Waals surface area contributed by atoms with Crippen molar-refractivity contribution in [3.63, 3.8) is 0 Å². The molecule has 0 aromatic carbocycles. The molecule has 0 saturated heterocycles. The molecule has 0 aromatic rings. The summed E-state index contributed by atoms with van der Waals surface area (Å²) in [6, 6.07) is 0.285. The molecule has 0 aromatic heterocycles. The molecule has 8 heavy (non-hydrogen) atoms. The van der Waals surface area contributed by atoms with Crippen molar-refractivity contribution >= 4 is 0 Å². The molecule has 0 amide bonds. The van der Waals surface area contributed by atoms with Gasteiger partial charge < -0.3 is 5.73 Å². The second-order valence-corrected chi connectivity index (χ2v) is 2.58. The summed E-state index contributed by atoms with van der Waals surface area (Å²) in [5, 5.41) is 0. The maximum absolute atomic E-state index is 5.62. The normalized spacial score (nSPS) is 20.6. The Morgan fingerprint density at radius 2 is 2.12 bits per heavy atom. The zero-order valence-electron chi connectivity index (χ0n) is 5.57. The Hall–Kier alpha value is -0.300. The van der Waals surface area contributed by atoms with Crippen LogP contribution in [0.1, 0.15) is 26.7 Å². The van der Waals surface area contributed by atoms with Gasteiger partial charge in [0.05, 0.1) is 0 Å². The van der Waals surface area contributed by atoms with E-state index < -0.39 is 0 Å². The van der Waals surface area contributed by atoms with Crippen LogP contribution in [0.25, 0.3) is 0 Å². The molecule has 1 saturated carbocycles. The summed E-state index contributed by atoms with van der Waals surface area (Å²) in [6.45, 7) is 4.17. The van der Waals surface area contributed by atoms with Crippen molar-refractivity contribution in [2.45, 2.75) is 32.7 Å². The first-order valence-electron chi connectivity index (χ1n) is 3.16. The SMILES string of the molecule is CC(=C1CC1)C(C)N. The van der Waals surface area contributed by atoms with E-state index in [0.29, 0.717) is 0 Å². The second-order valence-electron chi connectivity index (χ2n) is 2.58. The molecule has 1 fully saturated rings. The summed E-state index contributed by atoms with van der Waals surface area (Å²) in [6.07, 6.45) is 2.60. The minimum absolute atomic E-state index is 0.285. The van der Waals surface area contributed by atoms with Crippen LogP contribution < -0.4 is 5.73 Å². The third-order valence-corrected chi connectivity index (χ3v) is 1.74. The summed E-state index contributed by atoms with van der Waals surface area (Å²) >= 11 is 0. The number of rotatable bonds is 1. The molecule has 1 rings (SSSR count). The summed E-state index contributed by atoms with van der Waals surface area (Å²) in [7, 11) is 0. The molecule has 1 aliphatic rings. The van der Waals surface area contributed by atoms with Crippen molar-refractivity contribution in [3.8, 4) is 0 Å². The third-order valence-electron chi connectivity index (χ3n) is 1.74. The number of hydrogen-bond donors (Lipinski definition) is 1. The van der Waals surface area contributed by atoms with E-state index in [-0.39, 0.29) is 6.04 Å². The van der Waals surface area contributed by atoms with E-state index in [1.54, 1.807) is 5.57 Å². The highest BCUT2D eigenvalue weighted by atomic mass is 14.6. The van der Waals surface area contributed by atoms with Gasteiger partial charge in [-0.15, -0.1) is 0 Å². The summed E-state index contributed by atoms with van der Waals surface area (Å²) in [5.41, 5.74) is 8.61. The fraction of sp³-hybridized carbons (Fsp3) is 0.714. The van der Waals surface area contributed by atoms with Gasteiger partial charge in [-0.1, -0.05) is 11.1 Å². The summed E-state index contributed by atoms with van der Waals surface area (Å²) in [4.78, 5) is 0. The van der Waals surface area contributed by atoms with E-state index >= 15 is 0 Å². The predicted molar refractivity (Wildman–Crippen MR) is 35.6 cm³/mol. The molecule has 0 aliphatic heterocycles. The lowest BCUT2D eigenvalue weighted by molar-refractivity contribution is 0.856. The van der Waals surface area contributed by atoms with Crippen LogP contribution in [0.15, 0.2) is 11.1 Å². The van der Waals surface area contributed by atoms with Crippen LogP contribution in [0.4, 0.5) is 0 Å². The van der Waals surface area contributed by atoms with E-state index in [1.807, 2.05) is 6.92 Å². The molecular formula is C7H13N. The van der Waals surface area contributed by atoms with Gasteiger partial charge in [-0.25, -0.2) is 0 Å². The second kappa shape index (κ2) is 1.90. The Kier molecular flexibility index (Phi) is 1.39. The standard InChI is InChI=1S/C7H13N/c1-5(6(2)8)7-3-4-7/h6H,3-4,8H2,1-2H3. The van der Waals surface area contributed by atoms with Crippen LogP contribution in [0.2, 0.25) is 0 Å². The summed E-state index contributed by atoms with van der Waals surface area (Å²) in [5.74, 6) is 0. The summed E-state index contributed by atoms with van der Waals surface area (Å²) < 4.78 is 0. The first-order chi connectivity index (χ1) is 3.72. The van der Waals surface area contributed by atoms with Gasteiger partial charge in [-0.2, -0.15) is 0 Å². The van der Waals surface area contributed by atoms with Crippen LogP contribution >= 0.6 is 0 Å². The van der Waals surface area contributed by atoms with Crippen LogP contribution in [0, 0.1) is 0 Å². The highest BCUT2D eigenvalue weighted by Crippen LogP contribution is 2.31. The third kappa shape index (κ3) is 1.10. The largest absolute Gasteiger partial charge is 0.324 e. The predicted octanol–water partition coefficient (Wildman–Crippen LogP) is 1.44. The topological polar surface area (TPSA) is 26.0 Å². The molecule has 0 radical (unpaired) electrons. The smallest absolute Gasteiger partial charge is 0.0224 e. The molecule has 0 spiro atoms. The van der Waals surface area contributed by atoms with Gasteiger partial charge in [0, 0.05) is 6.04 Å². The molecular weight excluding hydrogens is 98.1 g/mol. The molecule has 1 nitrogen and oxygen atoms in total. The Labute approximate surface area is 50.6 Å². The lowest BCUT2D eigenvalue weighted by Gasteiger charge is -2.02. The molecule has 2 N–H and O–H groups in total. The monoisotopic (exact) mass is 111 g/mol. The van der Waals surface area contributed by atoms with E-state index in [1.165, 1.54) is 18.4 Å². The number of hydrogen-bond acceptors (Lipinski definition) is 1. The molecule has 0 heterocycles. The van der Waals surface area contributed by atoms with Gasteiger partial charge in [-0.05, 0) is 26.7 Å². The van der Waals surface area contributed by atoms with Gasteiger partial charge in [0.2, 0.25) is 0 Å². The molecule has 46 valence electrons. The lowest BCUT2D eigenvalue weighted by atomic mass is 10.1. The number of allylic oxidation sites excluding steroid dienone is 1. The highest BCUT2D eigenvalue weighted by Gasteiger charge is 2.15. The van der Waals surface area contributed by atoms with Gasteiger partial charge in [-0.3, -0.25) is 0 Å². The van der Waals surface area contributed by atoms with Crippen LogP contribution in [-0.4, -0.2) is 6.04 Å². The maximum atomic E-state index is 5.62. The zero-order valence-corrected chi connectivity index (χ0v) is 5.57. The minimum atomic E-state index is 0.285. The molecule has 1 atom stereocenters. The van der Waals surface area contributed by atoms with Crippen molar-refractivity contribution in [2.75, 3.05) is 0 Å². The Balaban J connectivity index is 2.56. The average molecular weight is 111 g/mol. The van der Waals surface area contributed by atoms with Crippen LogP contribution in [0.5, 0.6) is 0 Å². The maximum Gasteiger partial charge on any atom is 0.0224 e. The van der Waals surface area contributed by atoms with Gasteiger partial charge in [0.15, 0.2) is 0 Å². The fourth-order valence-electron chi connectivity index (χ4n) is 0.779. The molecule has 1 heteroatoms. The lowest BCUT2D eigenvalue weighted by Crippen LogP contribution is -2.15. The van der Waals surface area contributed by atoms with Gasteiger partial charge in [0.25, 0.3) is 0 Å². The Morgan fingerprint density at radius 1 is 1.62 bits per heavy atom. The van der Waals surface area contributed by atoms with Crippen LogP contribution in [0.3, 0.4) is 0 Å². The van der Waals surface area contributed by atoms with Gasteiger partial charge in [0.1, 0.15) is 0 Å². The average Bonchev–Trinajstić information content (AvgIpc) is 2.43. The fourth-order valence-corrected chi connectivity index (χ4v) is 0.779. The molecule has 0 bridgehead atoms. The highest BCUT2D eigenvalue weighted by molar-refractivity contribution is 5.26. The molecule has 1 aliphatic carbocycles. The van der Waals surface area contributed by atoms with Crippen molar-refractivity contribution < 1.29 is 0 Å². The van der Waals surface area contributed by atoms with Crippen LogP contribution in [-0.2, 0) is 0 Å². The Bertz CT molecular complexity index is 116. The van der Waals surface area contributed by atoms with Crippen molar-refractivity contribution in [1.82, 2.24) is 0 Å². The minimum Gasteiger partial charge on any atom is -0.324 e. The zero-order chi connectivity index (χ0) is 6.15.